The first-order valence-corrected chi connectivity index (χ1v) is 4.83. The van der Waals surface area contributed by atoms with Gasteiger partial charge in [-0.2, -0.15) is 0 Å². The number of aromatic amines is 1. The Morgan fingerprint density at radius 1 is 1.21 bits per heavy atom. The standard InChI is InChI=1S/C11H15N3/c12-11(13)6-5-8-7-14-10-4-2-1-3-9(8)10/h1-4,7,11,14H,5-6,12-13H2. The Kier molecular flexibility index (Phi) is 2.52. The lowest BCUT2D eigenvalue weighted by molar-refractivity contribution is 0.640. The van der Waals surface area contributed by atoms with E-state index in [1.165, 1.54) is 16.5 Å². The van der Waals surface area contributed by atoms with E-state index >= 15 is 0 Å². The Morgan fingerprint density at radius 2 is 2.00 bits per heavy atom. The summed E-state index contributed by atoms with van der Waals surface area (Å²) < 4.78 is 0. The number of hydrogen-bond donors (Lipinski definition) is 3. The molecule has 0 aliphatic rings. The quantitative estimate of drug-likeness (QED) is 0.638. The van der Waals surface area contributed by atoms with Crippen LogP contribution in [0.1, 0.15) is 12.0 Å². The van der Waals surface area contributed by atoms with Gasteiger partial charge in [0.15, 0.2) is 0 Å². The summed E-state index contributed by atoms with van der Waals surface area (Å²) in [4.78, 5) is 3.23. The minimum atomic E-state index is -0.219. The number of H-pyrrole nitrogens is 1. The Labute approximate surface area is 83.1 Å². The van der Waals surface area contributed by atoms with E-state index in [0.717, 1.165) is 12.8 Å². The molecule has 14 heavy (non-hydrogen) atoms. The highest BCUT2D eigenvalue weighted by Gasteiger charge is 2.03. The molecule has 0 aliphatic carbocycles. The summed E-state index contributed by atoms with van der Waals surface area (Å²) in [6, 6.07) is 8.25. The van der Waals surface area contributed by atoms with Crippen LogP contribution >= 0.6 is 0 Å². The Bertz CT molecular complexity index is 417. The fourth-order valence-corrected chi connectivity index (χ4v) is 1.66. The second kappa shape index (κ2) is 3.82. The minimum Gasteiger partial charge on any atom is -0.361 e. The summed E-state index contributed by atoms with van der Waals surface area (Å²) in [5, 5.41) is 1.27. The van der Waals surface area contributed by atoms with Gasteiger partial charge >= 0.3 is 0 Å². The first kappa shape index (κ1) is 9.24. The summed E-state index contributed by atoms with van der Waals surface area (Å²) in [6.07, 6.45) is 3.57. The number of aryl methyl sites for hydroxylation is 1. The summed E-state index contributed by atoms with van der Waals surface area (Å²) in [5.41, 5.74) is 13.5. The van der Waals surface area contributed by atoms with Gasteiger partial charge < -0.3 is 16.5 Å². The van der Waals surface area contributed by atoms with Gasteiger partial charge in [-0.05, 0) is 24.5 Å². The number of nitrogens with one attached hydrogen (secondary N) is 1. The molecule has 0 amide bonds. The number of aromatic nitrogens is 1. The maximum absolute atomic E-state index is 5.52. The van der Waals surface area contributed by atoms with Gasteiger partial charge in [-0.15, -0.1) is 0 Å². The van der Waals surface area contributed by atoms with E-state index in [-0.39, 0.29) is 6.17 Å². The van der Waals surface area contributed by atoms with Crippen molar-refractivity contribution in [3.63, 3.8) is 0 Å². The zero-order chi connectivity index (χ0) is 9.97. The normalized spacial score (nSPS) is 11.4. The largest absolute Gasteiger partial charge is 0.361 e. The molecule has 0 atom stereocenters. The van der Waals surface area contributed by atoms with Crippen LogP contribution in [0.2, 0.25) is 0 Å². The average molecular weight is 189 g/mol. The highest BCUT2D eigenvalue weighted by molar-refractivity contribution is 5.82. The monoisotopic (exact) mass is 189 g/mol. The molecule has 2 rings (SSSR count). The topological polar surface area (TPSA) is 67.8 Å². The van der Waals surface area contributed by atoms with Gasteiger partial charge in [-0.25, -0.2) is 0 Å². The van der Waals surface area contributed by atoms with E-state index in [1.54, 1.807) is 0 Å². The maximum Gasteiger partial charge on any atom is 0.0524 e. The zero-order valence-electron chi connectivity index (χ0n) is 8.03. The van der Waals surface area contributed by atoms with E-state index in [9.17, 15) is 0 Å². The van der Waals surface area contributed by atoms with Crippen LogP contribution in [0, 0.1) is 0 Å². The van der Waals surface area contributed by atoms with E-state index in [2.05, 4.69) is 17.1 Å². The SMILES string of the molecule is NC(N)CCc1c[nH]c2ccccc12. The highest BCUT2D eigenvalue weighted by atomic mass is 14.8. The maximum atomic E-state index is 5.52. The van der Waals surface area contributed by atoms with Gasteiger partial charge in [-0.3, -0.25) is 0 Å². The third kappa shape index (κ3) is 1.78. The molecule has 3 nitrogen and oxygen atoms in total. The smallest absolute Gasteiger partial charge is 0.0524 e. The predicted molar refractivity (Wildman–Crippen MR) is 58.8 cm³/mol. The third-order valence-corrected chi connectivity index (χ3v) is 2.42. The first-order valence-electron chi connectivity index (χ1n) is 4.83. The van der Waals surface area contributed by atoms with Crippen LogP contribution in [0.25, 0.3) is 10.9 Å². The van der Waals surface area contributed by atoms with Crippen LogP contribution in [0.3, 0.4) is 0 Å². The van der Waals surface area contributed by atoms with Crippen molar-refractivity contribution in [1.29, 1.82) is 0 Å². The van der Waals surface area contributed by atoms with Crippen molar-refractivity contribution in [1.82, 2.24) is 4.98 Å². The molecular weight excluding hydrogens is 174 g/mol. The van der Waals surface area contributed by atoms with Gasteiger partial charge in [-0.1, -0.05) is 18.2 Å². The molecule has 0 spiro atoms. The van der Waals surface area contributed by atoms with Gasteiger partial charge in [0.05, 0.1) is 6.17 Å². The molecule has 1 heterocycles. The highest BCUT2D eigenvalue weighted by Crippen LogP contribution is 2.18. The molecular formula is C11H15N3. The predicted octanol–water partition coefficient (Wildman–Crippen LogP) is 1.34. The van der Waals surface area contributed by atoms with E-state index < -0.39 is 0 Å². The summed E-state index contributed by atoms with van der Waals surface area (Å²) in [6.45, 7) is 0. The Morgan fingerprint density at radius 3 is 2.79 bits per heavy atom. The fraction of sp³-hybridized carbons (Fsp3) is 0.273. The van der Waals surface area contributed by atoms with Crippen molar-refractivity contribution >= 4 is 10.9 Å². The lowest BCUT2D eigenvalue weighted by atomic mass is 10.1. The van der Waals surface area contributed by atoms with Crippen molar-refractivity contribution in [3.05, 3.63) is 36.0 Å². The fourth-order valence-electron chi connectivity index (χ4n) is 1.66. The average Bonchev–Trinajstić information content (AvgIpc) is 2.58. The molecule has 0 saturated heterocycles. The van der Waals surface area contributed by atoms with E-state index in [1.807, 2.05) is 18.3 Å². The second-order valence-electron chi connectivity index (χ2n) is 3.56. The van der Waals surface area contributed by atoms with Gasteiger partial charge in [0.25, 0.3) is 0 Å². The van der Waals surface area contributed by atoms with E-state index in [4.69, 9.17) is 11.5 Å². The van der Waals surface area contributed by atoms with Crippen LogP contribution in [0.5, 0.6) is 0 Å². The van der Waals surface area contributed by atoms with Crippen molar-refractivity contribution < 1.29 is 0 Å². The van der Waals surface area contributed by atoms with Crippen LogP contribution in [-0.4, -0.2) is 11.1 Å². The molecule has 0 radical (unpaired) electrons. The van der Waals surface area contributed by atoms with Crippen molar-refractivity contribution in [3.8, 4) is 0 Å². The second-order valence-corrected chi connectivity index (χ2v) is 3.56. The van der Waals surface area contributed by atoms with Crippen LogP contribution in [0.4, 0.5) is 0 Å². The summed E-state index contributed by atoms with van der Waals surface area (Å²) in [7, 11) is 0. The molecule has 0 aliphatic heterocycles. The number of para-hydroxylation sites is 1. The molecule has 0 fully saturated rings. The van der Waals surface area contributed by atoms with Gasteiger partial charge in [0.2, 0.25) is 0 Å². The molecule has 1 aromatic heterocycles. The number of benzene rings is 1. The molecule has 2 aromatic rings. The van der Waals surface area contributed by atoms with Crippen molar-refractivity contribution in [2.45, 2.75) is 19.0 Å². The van der Waals surface area contributed by atoms with Crippen LogP contribution in [0.15, 0.2) is 30.5 Å². The first-order chi connectivity index (χ1) is 6.77. The molecule has 0 unspecified atom stereocenters. The molecule has 1 aromatic carbocycles. The minimum absolute atomic E-state index is 0.219. The van der Waals surface area contributed by atoms with E-state index in [0.29, 0.717) is 0 Å². The third-order valence-electron chi connectivity index (χ3n) is 2.42. The molecule has 0 bridgehead atoms. The summed E-state index contributed by atoms with van der Waals surface area (Å²) in [5.74, 6) is 0. The lowest BCUT2D eigenvalue weighted by Gasteiger charge is -2.03. The number of fused-ring (bicyclic) bond motifs is 1. The molecule has 3 heteroatoms. The van der Waals surface area contributed by atoms with Crippen LogP contribution in [-0.2, 0) is 6.42 Å². The molecule has 5 N–H and O–H groups in total. The van der Waals surface area contributed by atoms with Gasteiger partial charge in [0.1, 0.15) is 0 Å². The molecule has 74 valence electrons. The number of rotatable bonds is 3. The Balaban J connectivity index is 2.25. The molecule has 0 saturated carbocycles. The van der Waals surface area contributed by atoms with Gasteiger partial charge in [0, 0.05) is 17.1 Å². The van der Waals surface area contributed by atoms with Crippen molar-refractivity contribution in [2.24, 2.45) is 11.5 Å². The zero-order valence-corrected chi connectivity index (χ0v) is 8.03. The summed E-state index contributed by atoms with van der Waals surface area (Å²) >= 11 is 0. The van der Waals surface area contributed by atoms with Crippen LogP contribution < -0.4 is 11.5 Å². The lowest BCUT2D eigenvalue weighted by Crippen LogP contribution is -2.30. The number of hydrogen-bond acceptors (Lipinski definition) is 2. The number of nitrogens with two attached hydrogens (primary N) is 2. The Hall–Kier alpha value is -1.32. The van der Waals surface area contributed by atoms with Crippen molar-refractivity contribution in [2.75, 3.05) is 0 Å².